The molecular formula is C28H34ClN7O. The number of piperazine rings is 1. The Morgan fingerprint density at radius 3 is 2.57 bits per heavy atom. The average Bonchev–Trinajstić information content (AvgIpc) is 3.61. The first-order chi connectivity index (χ1) is 17.9. The lowest BCUT2D eigenvalue weighted by molar-refractivity contribution is -0.126. The van der Waals surface area contributed by atoms with Gasteiger partial charge in [0.25, 0.3) is 0 Å². The Labute approximate surface area is 222 Å². The highest BCUT2D eigenvalue weighted by molar-refractivity contribution is 6.34. The molecule has 3 N–H and O–H groups in total. The smallest absolute Gasteiger partial charge is 0.225 e. The highest BCUT2D eigenvalue weighted by Gasteiger charge is 2.48. The molecular weight excluding hydrogens is 486 g/mol. The summed E-state index contributed by atoms with van der Waals surface area (Å²) < 4.78 is 0. The van der Waals surface area contributed by atoms with Gasteiger partial charge >= 0.3 is 0 Å². The van der Waals surface area contributed by atoms with E-state index >= 15 is 0 Å². The van der Waals surface area contributed by atoms with Crippen molar-refractivity contribution in [2.75, 3.05) is 43.4 Å². The van der Waals surface area contributed by atoms with Crippen LogP contribution in [-0.4, -0.2) is 71.1 Å². The van der Waals surface area contributed by atoms with Gasteiger partial charge in [0, 0.05) is 49.5 Å². The first-order valence-corrected chi connectivity index (χ1v) is 13.6. The van der Waals surface area contributed by atoms with Gasteiger partial charge in [-0.05, 0) is 63.4 Å². The molecule has 6 rings (SSSR count). The molecule has 194 valence electrons. The second-order valence-corrected chi connectivity index (χ2v) is 11.3. The van der Waals surface area contributed by atoms with Crippen LogP contribution in [0.4, 0.5) is 11.4 Å². The number of aromatic nitrogens is 3. The summed E-state index contributed by atoms with van der Waals surface area (Å²) in [6.07, 6.45) is 7.05. The van der Waals surface area contributed by atoms with Gasteiger partial charge < -0.3 is 25.4 Å². The van der Waals surface area contributed by atoms with E-state index in [0.717, 1.165) is 49.7 Å². The fourth-order valence-corrected chi connectivity index (χ4v) is 6.22. The number of fused-ring (bicyclic) bond motifs is 3. The van der Waals surface area contributed by atoms with Crippen LogP contribution in [0.1, 0.15) is 20.3 Å². The predicted molar refractivity (Wildman–Crippen MR) is 149 cm³/mol. The minimum atomic E-state index is -0.141. The monoisotopic (exact) mass is 519 g/mol. The maximum absolute atomic E-state index is 13.1. The molecule has 0 spiro atoms. The Kier molecular flexibility index (Phi) is 6.32. The van der Waals surface area contributed by atoms with Gasteiger partial charge in [-0.15, -0.1) is 0 Å². The van der Waals surface area contributed by atoms with Crippen molar-refractivity contribution in [2.45, 2.75) is 32.4 Å². The van der Waals surface area contributed by atoms with Gasteiger partial charge in [0.05, 0.1) is 22.8 Å². The van der Waals surface area contributed by atoms with E-state index < -0.39 is 0 Å². The number of rotatable bonds is 6. The van der Waals surface area contributed by atoms with Gasteiger partial charge in [0.2, 0.25) is 5.91 Å². The van der Waals surface area contributed by atoms with Crippen molar-refractivity contribution in [3.63, 3.8) is 0 Å². The summed E-state index contributed by atoms with van der Waals surface area (Å²) in [5.41, 5.74) is 4.32. The van der Waals surface area contributed by atoms with E-state index in [1.807, 2.05) is 13.8 Å². The van der Waals surface area contributed by atoms with Crippen molar-refractivity contribution in [1.82, 2.24) is 25.2 Å². The molecule has 1 amide bonds. The highest BCUT2D eigenvalue weighted by Crippen LogP contribution is 2.46. The summed E-state index contributed by atoms with van der Waals surface area (Å²) in [5.74, 6) is 1.23. The summed E-state index contributed by atoms with van der Waals surface area (Å²) in [6.45, 7) is 8.21. The van der Waals surface area contributed by atoms with Gasteiger partial charge in [-0.1, -0.05) is 23.8 Å². The number of carbonyl (C=O) groups is 1. The summed E-state index contributed by atoms with van der Waals surface area (Å²) in [6, 6.07) is 8.59. The Bertz CT molecular complexity index is 1330. The van der Waals surface area contributed by atoms with E-state index in [0.29, 0.717) is 16.2 Å². The number of hydrogen-bond acceptors (Lipinski definition) is 6. The van der Waals surface area contributed by atoms with Gasteiger partial charge in [0.1, 0.15) is 11.3 Å². The van der Waals surface area contributed by atoms with E-state index in [1.165, 1.54) is 5.69 Å². The number of aromatic amines is 1. The SMILES string of the molecule is CC(C)NC(=O)[C@H]1[C@H](Nc2c(Cl)cnc3[nH]c(-c4ccc(N5CCN(C)CC5)cc4)nc23)[C@@H]2C=C[C@@H]1C2. The van der Waals surface area contributed by atoms with Crippen LogP contribution < -0.4 is 15.5 Å². The maximum Gasteiger partial charge on any atom is 0.225 e. The molecule has 3 aromatic rings. The van der Waals surface area contributed by atoms with Gasteiger partial charge in [-0.3, -0.25) is 4.79 Å². The van der Waals surface area contributed by atoms with Gasteiger partial charge in [0.15, 0.2) is 5.65 Å². The van der Waals surface area contributed by atoms with Crippen LogP contribution in [0.5, 0.6) is 0 Å². The molecule has 0 radical (unpaired) electrons. The lowest BCUT2D eigenvalue weighted by atomic mass is 9.87. The quantitative estimate of drug-likeness (QED) is 0.424. The number of likely N-dealkylation sites (N-methyl/N-ethyl adjacent to an activating group) is 1. The van der Waals surface area contributed by atoms with Gasteiger partial charge in [-0.2, -0.15) is 0 Å². The lowest BCUT2D eigenvalue weighted by Gasteiger charge is -2.34. The second-order valence-electron chi connectivity index (χ2n) is 10.9. The number of pyridine rings is 1. The fraction of sp³-hybridized carbons (Fsp3) is 0.464. The Morgan fingerprint density at radius 1 is 1.11 bits per heavy atom. The topological polar surface area (TPSA) is 89.2 Å². The van der Waals surface area contributed by atoms with Crippen LogP contribution in [0.2, 0.25) is 5.02 Å². The first kappa shape index (κ1) is 24.2. The standard InChI is InChI=1S/C28H34ClN7O/c1-16(2)31-28(37)22-18-4-5-19(14-18)23(22)32-24-21(29)15-30-27-25(24)33-26(34-27)17-6-8-20(9-7-17)36-12-10-35(3)11-13-36/h4-9,15-16,18-19,22-23H,10-14H2,1-3H3,(H,31,37)(H2,30,32,33,34)/t18-,19-,22-,23-/m1/s1. The molecule has 0 unspecified atom stereocenters. The summed E-state index contributed by atoms with van der Waals surface area (Å²) >= 11 is 6.66. The zero-order chi connectivity index (χ0) is 25.7. The third-order valence-corrected chi connectivity index (χ3v) is 8.27. The van der Waals surface area contributed by atoms with Crippen molar-refractivity contribution >= 4 is 40.0 Å². The van der Waals surface area contributed by atoms with Crippen LogP contribution in [0, 0.1) is 17.8 Å². The third kappa shape index (κ3) is 4.57. The Hall–Kier alpha value is -3.10. The number of imidazole rings is 1. The number of halogens is 1. The van der Waals surface area contributed by atoms with E-state index in [4.69, 9.17) is 16.6 Å². The van der Waals surface area contributed by atoms with Gasteiger partial charge in [-0.25, -0.2) is 9.97 Å². The van der Waals surface area contributed by atoms with Crippen LogP contribution in [0.15, 0.2) is 42.6 Å². The van der Waals surface area contributed by atoms with Crippen LogP contribution in [0.25, 0.3) is 22.6 Å². The van der Waals surface area contributed by atoms with E-state index in [-0.39, 0.29) is 35.7 Å². The lowest BCUT2D eigenvalue weighted by Crippen LogP contribution is -2.45. The Morgan fingerprint density at radius 2 is 1.84 bits per heavy atom. The predicted octanol–water partition coefficient (Wildman–Crippen LogP) is 4.16. The van der Waals surface area contributed by atoms with E-state index in [9.17, 15) is 4.79 Å². The molecule has 1 aliphatic heterocycles. The molecule has 4 atom stereocenters. The fourth-order valence-electron chi connectivity index (χ4n) is 6.02. The van der Waals surface area contributed by atoms with E-state index in [1.54, 1.807) is 6.20 Å². The number of nitrogens with zero attached hydrogens (tertiary/aromatic N) is 4. The second kappa shape index (κ2) is 9.65. The molecule has 2 aromatic heterocycles. The minimum absolute atomic E-state index is 0.0418. The highest BCUT2D eigenvalue weighted by atomic mass is 35.5. The molecule has 1 saturated heterocycles. The third-order valence-electron chi connectivity index (χ3n) is 7.98. The maximum atomic E-state index is 13.1. The van der Waals surface area contributed by atoms with Crippen molar-refractivity contribution in [3.8, 4) is 11.4 Å². The van der Waals surface area contributed by atoms with Crippen molar-refractivity contribution in [1.29, 1.82) is 0 Å². The number of H-pyrrole nitrogens is 1. The summed E-state index contributed by atoms with van der Waals surface area (Å²) in [4.78, 5) is 30.6. The van der Waals surface area contributed by atoms with Crippen LogP contribution >= 0.6 is 11.6 Å². The zero-order valence-electron chi connectivity index (χ0n) is 21.5. The molecule has 2 bridgehead atoms. The van der Waals surface area contributed by atoms with Crippen molar-refractivity contribution in [2.24, 2.45) is 17.8 Å². The van der Waals surface area contributed by atoms with Crippen LogP contribution in [-0.2, 0) is 4.79 Å². The largest absolute Gasteiger partial charge is 0.378 e. The van der Waals surface area contributed by atoms with E-state index in [2.05, 4.69) is 73.9 Å². The molecule has 3 aliphatic rings. The number of amides is 1. The number of allylic oxidation sites excluding steroid dienone is 1. The molecule has 3 heterocycles. The molecule has 1 saturated carbocycles. The molecule has 1 aromatic carbocycles. The Balaban J connectivity index is 1.27. The van der Waals surface area contributed by atoms with Crippen molar-refractivity contribution in [3.05, 3.63) is 47.6 Å². The zero-order valence-corrected chi connectivity index (χ0v) is 22.3. The van der Waals surface area contributed by atoms with Crippen LogP contribution in [0.3, 0.4) is 0 Å². The number of benzene rings is 1. The number of nitrogens with one attached hydrogen (secondary N) is 3. The number of anilines is 2. The van der Waals surface area contributed by atoms with Crippen molar-refractivity contribution < 1.29 is 4.79 Å². The summed E-state index contributed by atoms with van der Waals surface area (Å²) in [5, 5.41) is 7.24. The molecule has 2 aliphatic carbocycles. The number of hydrogen-bond donors (Lipinski definition) is 3. The molecule has 9 heteroatoms. The molecule has 8 nitrogen and oxygen atoms in total. The number of carbonyl (C=O) groups excluding carboxylic acids is 1. The molecule has 2 fully saturated rings. The minimum Gasteiger partial charge on any atom is -0.378 e. The normalized spacial score (nSPS) is 25.4. The summed E-state index contributed by atoms with van der Waals surface area (Å²) in [7, 11) is 2.17. The average molecular weight is 520 g/mol. The molecule has 37 heavy (non-hydrogen) atoms. The first-order valence-electron chi connectivity index (χ1n) is 13.2.